The molecule has 0 unspecified atom stereocenters. The van der Waals surface area contributed by atoms with Crippen LogP contribution in [0.2, 0.25) is 0 Å². The Morgan fingerprint density at radius 3 is 2.29 bits per heavy atom. The molecule has 5 nitrogen and oxygen atoms in total. The summed E-state index contributed by atoms with van der Waals surface area (Å²) in [6.45, 7) is 0.134. The van der Waals surface area contributed by atoms with E-state index in [9.17, 15) is 8.42 Å². The van der Waals surface area contributed by atoms with Crippen LogP contribution in [-0.4, -0.2) is 41.8 Å². The maximum atomic E-state index is 10.5. The highest BCUT2D eigenvalue weighted by Crippen LogP contribution is 1.96. The van der Waals surface area contributed by atoms with E-state index in [2.05, 4.69) is 4.18 Å². The molecule has 0 fully saturated rings. The van der Waals surface area contributed by atoms with Crippen molar-refractivity contribution in [2.24, 2.45) is 0 Å². The van der Waals surface area contributed by atoms with Crippen molar-refractivity contribution in [1.82, 2.24) is 0 Å². The minimum absolute atomic E-state index is 0.134. The average molecular weight is 224 g/mol. The second-order valence-electron chi connectivity index (χ2n) is 2.58. The first-order valence-corrected chi connectivity index (χ1v) is 5.88. The third kappa shape index (κ3) is 8.18. The van der Waals surface area contributed by atoms with Gasteiger partial charge in [-0.25, -0.2) is 0 Å². The largest absolute Gasteiger partial charge is 0.352 e. The second-order valence-corrected chi connectivity index (χ2v) is 4.23. The smallest absolute Gasteiger partial charge is 0.264 e. The summed E-state index contributed by atoms with van der Waals surface area (Å²) in [5, 5.41) is 0. The molecule has 0 N–H and O–H groups in total. The SMILES string of the molecule is COC(C=CCCOS(C)(=O)=O)OC. The van der Waals surface area contributed by atoms with E-state index in [1.54, 1.807) is 12.2 Å². The molecule has 0 atom stereocenters. The van der Waals surface area contributed by atoms with Gasteiger partial charge in [0.1, 0.15) is 0 Å². The molecule has 0 aliphatic rings. The minimum atomic E-state index is -3.33. The summed E-state index contributed by atoms with van der Waals surface area (Å²) in [6.07, 6.45) is 4.54. The number of rotatable bonds is 7. The average Bonchev–Trinajstić information content (AvgIpc) is 2.09. The van der Waals surface area contributed by atoms with Crippen LogP contribution in [0.25, 0.3) is 0 Å². The molecule has 0 aliphatic carbocycles. The highest BCUT2D eigenvalue weighted by atomic mass is 32.2. The molecule has 0 aromatic carbocycles. The van der Waals surface area contributed by atoms with Gasteiger partial charge in [-0.1, -0.05) is 6.08 Å². The Bertz CT molecular complexity index is 253. The van der Waals surface area contributed by atoms with Crippen molar-refractivity contribution < 1.29 is 22.1 Å². The summed E-state index contributed by atoms with van der Waals surface area (Å²) in [5.74, 6) is 0. The Kier molecular flexibility index (Phi) is 6.73. The van der Waals surface area contributed by atoms with E-state index in [0.717, 1.165) is 6.26 Å². The predicted octanol–water partition coefficient (Wildman–Crippen LogP) is 0.528. The molecular weight excluding hydrogens is 208 g/mol. The van der Waals surface area contributed by atoms with E-state index in [1.165, 1.54) is 14.2 Å². The zero-order chi connectivity index (χ0) is 11.0. The van der Waals surface area contributed by atoms with Crippen molar-refractivity contribution in [3.05, 3.63) is 12.2 Å². The van der Waals surface area contributed by atoms with Crippen LogP contribution >= 0.6 is 0 Å². The Labute approximate surface area is 84.8 Å². The lowest BCUT2D eigenvalue weighted by Gasteiger charge is -2.06. The monoisotopic (exact) mass is 224 g/mol. The lowest BCUT2D eigenvalue weighted by Crippen LogP contribution is -2.09. The van der Waals surface area contributed by atoms with Gasteiger partial charge in [-0.05, 0) is 12.5 Å². The normalized spacial score (nSPS) is 12.9. The lowest BCUT2D eigenvalue weighted by atomic mass is 10.4. The maximum Gasteiger partial charge on any atom is 0.264 e. The van der Waals surface area contributed by atoms with Gasteiger partial charge in [0.05, 0.1) is 12.9 Å². The van der Waals surface area contributed by atoms with Crippen LogP contribution in [0, 0.1) is 0 Å². The van der Waals surface area contributed by atoms with Gasteiger partial charge in [0, 0.05) is 14.2 Å². The van der Waals surface area contributed by atoms with Crippen LogP contribution in [0.4, 0.5) is 0 Å². The van der Waals surface area contributed by atoms with Crippen LogP contribution in [0.5, 0.6) is 0 Å². The third-order valence-electron chi connectivity index (χ3n) is 1.34. The first kappa shape index (κ1) is 13.6. The van der Waals surface area contributed by atoms with E-state index in [1.807, 2.05) is 0 Å². The van der Waals surface area contributed by atoms with Crippen LogP contribution in [0.1, 0.15) is 6.42 Å². The van der Waals surface area contributed by atoms with E-state index >= 15 is 0 Å². The molecule has 0 aromatic heterocycles. The van der Waals surface area contributed by atoms with Crippen LogP contribution in [0.15, 0.2) is 12.2 Å². The van der Waals surface area contributed by atoms with Crippen molar-refractivity contribution in [1.29, 1.82) is 0 Å². The molecule has 0 saturated carbocycles. The molecule has 0 rings (SSSR count). The Morgan fingerprint density at radius 1 is 1.29 bits per heavy atom. The molecule has 0 spiro atoms. The van der Waals surface area contributed by atoms with E-state index in [4.69, 9.17) is 9.47 Å². The molecule has 0 radical (unpaired) electrons. The fraction of sp³-hybridized carbons (Fsp3) is 0.750. The topological polar surface area (TPSA) is 61.8 Å². The number of hydrogen-bond acceptors (Lipinski definition) is 5. The molecule has 0 aliphatic heterocycles. The van der Waals surface area contributed by atoms with E-state index < -0.39 is 16.4 Å². The lowest BCUT2D eigenvalue weighted by molar-refractivity contribution is -0.0667. The molecule has 6 heteroatoms. The van der Waals surface area contributed by atoms with Gasteiger partial charge in [0.2, 0.25) is 0 Å². The maximum absolute atomic E-state index is 10.5. The van der Waals surface area contributed by atoms with Gasteiger partial charge in [-0.15, -0.1) is 0 Å². The highest BCUT2D eigenvalue weighted by Gasteiger charge is 2.00. The summed E-state index contributed by atoms with van der Waals surface area (Å²) in [4.78, 5) is 0. The van der Waals surface area contributed by atoms with Crippen molar-refractivity contribution in [2.75, 3.05) is 27.1 Å². The Hall–Kier alpha value is -0.430. The second kappa shape index (κ2) is 6.94. The van der Waals surface area contributed by atoms with Crippen molar-refractivity contribution >= 4 is 10.1 Å². The first-order chi connectivity index (χ1) is 6.49. The third-order valence-corrected chi connectivity index (χ3v) is 1.93. The Balaban J connectivity index is 3.63. The molecule has 0 amide bonds. The summed E-state index contributed by atoms with van der Waals surface area (Å²) >= 11 is 0. The van der Waals surface area contributed by atoms with Crippen molar-refractivity contribution in [3.63, 3.8) is 0 Å². The first-order valence-electron chi connectivity index (χ1n) is 4.06. The predicted molar refractivity (Wildman–Crippen MR) is 52.4 cm³/mol. The quantitative estimate of drug-likeness (QED) is 0.273. The molecule has 0 heterocycles. The summed E-state index contributed by atoms with van der Waals surface area (Å²) < 4.78 is 35.4. The van der Waals surface area contributed by atoms with Gasteiger partial charge in [0.15, 0.2) is 6.29 Å². The van der Waals surface area contributed by atoms with Gasteiger partial charge in [-0.3, -0.25) is 4.18 Å². The van der Waals surface area contributed by atoms with Gasteiger partial charge >= 0.3 is 0 Å². The highest BCUT2D eigenvalue weighted by molar-refractivity contribution is 7.85. The van der Waals surface area contributed by atoms with Crippen molar-refractivity contribution in [3.8, 4) is 0 Å². The fourth-order valence-corrected chi connectivity index (χ4v) is 1.13. The molecule has 84 valence electrons. The van der Waals surface area contributed by atoms with Crippen LogP contribution in [0.3, 0.4) is 0 Å². The van der Waals surface area contributed by atoms with E-state index in [0.29, 0.717) is 6.42 Å². The van der Waals surface area contributed by atoms with E-state index in [-0.39, 0.29) is 6.61 Å². The van der Waals surface area contributed by atoms with Crippen molar-refractivity contribution in [2.45, 2.75) is 12.7 Å². The summed E-state index contributed by atoms with van der Waals surface area (Å²) in [5.41, 5.74) is 0. The molecule has 0 bridgehead atoms. The zero-order valence-electron chi connectivity index (χ0n) is 8.60. The minimum Gasteiger partial charge on any atom is -0.352 e. The van der Waals surface area contributed by atoms with Gasteiger partial charge in [0.25, 0.3) is 10.1 Å². The zero-order valence-corrected chi connectivity index (χ0v) is 9.41. The van der Waals surface area contributed by atoms with Crippen LogP contribution < -0.4 is 0 Å². The number of hydrogen-bond donors (Lipinski definition) is 0. The molecule has 14 heavy (non-hydrogen) atoms. The number of methoxy groups -OCH3 is 2. The van der Waals surface area contributed by atoms with Crippen LogP contribution in [-0.2, 0) is 23.8 Å². The summed E-state index contributed by atoms with van der Waals surface area (Å²) in [7, 11) is -0.294. The standard InChI is InChI=1S/C8H16O5S/c1-11-8(12-2)6-4-5-7-13-14(3,9)10/h4,6,8H,5,7H2,1-3H3. The number of ether oxygens (including phenoxy) is 2. The molecule has 0 aromatic rings. The molecular formula is C8H16O5S. The fourth-order valence-electron chi connectivity index (χ4n) is 0.728. The summed E-state index contributed by atoms with van der Waals surface area (Å²) in [6, 6.07) is 0. The Morgan fingerprint density at radius 2 is 1.86 bits per heavy atom. The molecule has 0 saturated heterocycles. The van der Waals surface area contributed by atoms with Gasteiger partial charge < -0.3 is 9.47 Å². The van der Waals surface area contributed by atoms with Gasteiger partial charge in [-0.2, -0.15) is 8.42 Å².